The number of rotatable bonds is 4. The van der Waals surface area contributed by atoms with Gasteiger partial charge in [0, 0.05) is 21.2 Å². The van der Waals surface area contributed by atoms with Gasteiger partial charge in [-0.15, -0.1) is 0 Å². The number of phenolic OH excluding ortho intramolecular Hbond substituents is 1. The molecule has 5 nitrogen and oxygen atoms in total. The monoisotopic (exact) mass is 458 g/mol. The van der Waals surface area contributed by atoms with Crippen LogP contribution in [-0.2, 0) is 0 Å². The minimum absolute atomic E-state index is 0.0491. The molecule has 0 aliphatic carbocycles. The van der Waals surface area contributed by atoms with Crippen LogP contribution in [0.5, 0.6) is 5.75 Å². The lowest BCUT2D eigenvalue weighted by molar-refractivity contribution is 0.474. The van der Waals surface area contributed by atoms with Gasteiger partial charge in [0.25, 0.3) is 0 Å². The van der Waals surface area contributed by atoms with Gasteiger partial charge in [-0.25, -0.2) is 9.97 Å². The van der Waals surface area contributed by atoms with Gasteiger partial charge < -0.3 is 10.9 Å². The molecule has 0 atom stereocenters. The Kier molecular flexibility index (Phi) is 5.59. The number of aromatic hydroxyl groups is 1. The molecular formula is C24H19BrN4O. The molecule has 0 unspecified atom stereocenters. The van der Waals surface area contributed by atoms with Gasteiger partial charge >= 0.3 is 0 Å². The van der Waals surface area contributed by atoms with Gasteiger partial charge in [-0.05, 0) is 31.2 Å². The second-order valence-electron chi connectivity index (χ2n) is 6.83. The van der Waals surface area contributed by atoms with Crippen LogP contribution < -0.4 is 5.84 Å². The van der Waals surface area contributed by atoms with Crippen molar-refractivity contribution in [1.29, 1.82) is 0 Å². The standard InChI is InChI=1S/C24H19BrN4O/c1-15-7-9-17(10-8-15)21-14-20(16-5-3-2-4-6-16)27-24(28-21)23(29-26)19-13-18(25)11-12-22(19)30/h2-14,30H,26H2,1H3/b29-23+. The van der Waals surface area contributed by atoms with Gasteiger partial charge in [0.1, 0.15) is 11.5 Å². The summed E-state index contributed by atoms with van der Waals surface area (Å²) in [5, 5.41) is 14.3. The Bertz CT molecular complexity index is 1220. The summed E-state index contributed by atoms with van der Waals surface area (Å²) < 4.78 is 0.787. The summed E-state index contributed by atoms with van der Waals surface area (Å²) in [5.41, 5.74) is 5.31. The van der Waals surface area contributed by atoms with Crippen LogP contribution in [0, 0.1) is 6.92 Å². The molecule has 0 saturated heterocycles. The van der Waals surface area contributed by atoms with Crippen LogP contribution in [-0.4, -0.2) is 20.8 Å². The Morgan fingerprint density at radius 3 is 2.13 bits per heavy atom. The summed E-state index contributed by atoms with van der Waals surface area (Å²) in [6.07, 6.45) is 0. The first kappa shape index (κ1) is 19.8. The lowest BCUT2D eigenvalue weighted by atomic mass is 10.0. The third-order valence-electron chi connectivity index (χ3n) is 4.70. The number of hydrazone groups is 1. The van der Waals surface area contributed by atoms with Gasteiger partial charge in [0.05, 0.1) is 11.4 Å². The minimum Gasteiger partial charge on any atom is -0.507 e. The molecule has 4 aromatic rings. The van der Waals surface area contributed by atoms with Crippen molar-refractivity contribution in [2.75, 3.05) is 0 Å². The number of hydrogen-bond acceptors (Lipinski definition) is 5. The maximum Gasteiger partial charge on any atom is 0.181 e. The van der Waals surface area contributed by atoms with E-state index in [1.54, 1.807) is 18.2 Å². The summed E-state index contributed by atoms with van der Waals surface area (Å²) in [5.74, 6) is 6.12. The van der Waals surface area contributed by atoms with Crippen molar-refractivity contribution in [3.63, 3.8) is 0 Å². The molecule has 30 heavy (non-hydrogen) atoms. The number of benzene rings is 3. The fourth-order valence-corrected chi connectivity index (χ4v) is 3.49. The Morgan fingerprint density at radius 2 is 1.50 bits per heavy atom. The molecule has 6 heteroatoms. The van der Waals surface area contributed by atoms with E-state index in [0.717, 1.165) is 27.0 Å². The molecule has 0 amide bonds. The molecule has 148 valence electrons. The first-order chi connectivity index (χ1) is 14.5. The van der Waals surface area contributed by atoms with Crippen LogP contribution in [0.15, 0.2) is 88.4 Å². The molecule has 0 fully saturated rings. The van der Waals surface area contributed by atoms with Crippen LogP contribution in [0.1, 0.15) is 17.0 Å². The fraction of sp³-hybridized carbons (Fsp3) is 0.0417. The predicted molar refractivity (Wildman–Crippen MR) is 123 cm³/mol. The van der Waals surface area contributed by atoms with E-state index in [9.17, 15) is 5.11 Å². The highest BCUT2D eigenvalue weighted by atomic mass is 79.9. The number of halogens is 1. The minimum atomic E-state index is 0.0491. The number of aromatic nitrogens is 2. The number of hydrogen-bond donors (Lipinski definition) is 2. The van der Waals surface area contributed by atoms with Crippen molar-refractivity contribution in [1.82, 2.24) is 9.97 Å². The van der Waals surface area contributed by atoms with E-state index < -0.39 is 0 Å². The van der Waals surface area contributed by atoms with E-state index >= 15 is 0 Å². The third kappa shape index (κ3) is 4.09. The molecule has 4 rings (SSSR count). The molecule has 0 spiro atoms. The van der Waals surface area contributed by atoms with Crippen molar-refractivity contribution in [3.05, 3.63) is 100 Å². The molecule has 0 bridgehead atoms. The summed E-state index contributed by atoms with van der Waals surface area (Å²) in [7, 11) is 0. The number of aryl methyl sites for hydroxylation is 1. The van der Waals surface area contributed by atoms with Crippen molar-refractivity contribution < 1.29 is 5.11 Å². The van der Waals surface area contributed by atoms with Crippen LogP contribution in [0.4, 0.5) is 0 Å². The predicted octanol–water partition coefficient (Wildman–Crippen LogP) is 5.30. The van der Waals surface area contributed by atoms with Crippen LogP contribution in [0.2, 0.25) is 0 Å². The number of nitrogens with zero attached hydrogens (tertiary/aromatic N) is 3. The van der Waals surface area contributed by atoms with Crippen LogP contribution in [0.3, 0.4) is 0 Å². The largest absolute Gasteiger partial charge is 0.507 e. The highest BCUT2D eigenvalue weighted by molar-refractivity contribution is 9.10. The molecule has 3 aromatic carbocycles. The molecule has 0 aliphatic rings. The summed E-state index contributed by atoms with van der Waals surface area (Å²) in [6.45, 7) is 2.04. The smallest absolute Gasteiger partial charge is 0.181 e. The Hall–Kier alpha value is -3.51. The first-order valence-corrected chi connectivity index (χ1v) is 10.1. The zero-order valence-corrected chi connectivity index (χ0v) is 17.8. The molecular weight excluding hydrogens is 440 g/mol. The van der Waals surface area contributed by atoms with Crippen LogP contribution >= 0.6 is 15.9 Å². The molecule has 3 N–H and O–H groups in total. The normalized spacial score (nSPS) is 11.5. The second-order valence-corrected chi connectivity index (χ2v) is 7.75. The maximum absolute atomic E-state index is 10.4. The fourth-order valence-electron chi connectivity index (χ4n) is 3.13. The van der Waals surface area contributed by atoms with Gasteiger partial charge in [-0.3, -0.25) is 0 Å². The van der Waals surface area contributed by atoms with Gasteiger partial charge in [0.2, 0.25) is 0 Å². The van der Waals surface area contributed by atoms with Gasteiger partial charge in [-0.2, -0.15) is 5.10 Å². The van der Waals surface area contributed by atoms with Gasteiger partial charge in [0.15, 0.2) is 5.82 Å². The van der Waals surface area contributed by atoms with Crippen molar-refractivity contribution in [2.24, 2.45) is 10.9 Å². The number of phenols is 1. The summed E-state index contributed by atoms with van der Waals surface area (Å²) >= 11 is 3.43. The summed E-state index contributed by atoms with van der Waals surface area (Å²) in [4.78, 5) is 9.45. The first-order valence-electron chi connectivity index (χ1n) is 9.34. The Balaban J connectivity index is 1.93. The lowest BCUT2D eigenvalue weighted by Gasteiger charge is -2.12. The van der Waals surface area contributed by atoms with E-state index in [-0.39, 0.29) is 5.75 Å². The zero-order chi connectivity index (χ0) is 21.1. The topological polar surface area (TPSA) is 84.4 Å². The van der Waals surface area contributed by atoms with E-state index in [4.69, 9.17) is 15.8 Å². The molecule has 1 aromatic heterocycles. The molecule has 1 heterocycles. The van der Waals surface area contributed by atoms with E-state index in [1.807, 2.05) is 67.6 Å². The second kappa shape index (κ2) is 8.47. The molecule has 0 radical (unpaired) electrons. The van der Waals surface area contributed by atoms with E-state index in [0.29, 0.717) is 17.1 Å². The van der Waals surface area contributed by atoms with Crippen molar-refractivity contribution >= 4 is 21.6 Å². The average Bonchev–Trinajstić information content (AvgIpc) is 2.77. The molecule has 0 aliphatic heterocycles. The highest BCUT2D eigenvalue weighted by Crippen LogP contribution is 2.28. The summed E-state index contributed by atoms with van der Waals surface area (Å²) in [6, 6.07) is 25.0. The Labute approximate surface area is 183 Å². The third-order valence-corrected chi connectivity index (χ3v) is 5.19. The van der Waals surface area contributed by atoms with E-state index in [2.05, 4.69) is 21.0 Å². The van der Waals surface area contributed by atoms with Gasteiger partial charge in [-0.1, -0.05) is 76.1 Å². The average molecular weight is 459 g/mol. The maximum atomic E-state index is 10.4. The van der Waals surface area contributed by atoms with Crippen LogP contribution in [0.25, 0.3) is 22.5 Å². The number of nitrogens with two attached hydrogens (primary N) is 1. The zero-order valence-electron chi connectivity index (χ0n) is 16.2. The SMILES string of the molecule is Cc1ccc(-c2cc(-c3ccccc3)nc(/C(=N/N)c3cc(Br)ccc3O)n2)cc1. The Morgan fingerprint density at radius 1 is 0.867 bits per heavy atom. The quantitative estimate of drug-likeness (QED) is 0.247. The van der Waals surface area contributed by atoms with Crippen molar-refractivity contribution in [3.8, 4) is 28.3 Å². The molecule has 0 saturated carbocycles. The lowest BCUT2D eigenvalue weighted by Crippen LogP contribution is -2.13. The van der Waals surface area contributed by atoms with Crippen molar-refractivity contribution in [2.45, 2.75) is 6.92 Å². The highest BCUT2D eigenvalue weighted by Gasteiger charge is 2.18. The van der Waals surface area contributed by atoms with E-state index in [1.165, 1.54) is 5.56 Å².